The third-order valence-corrected chi connectivity index (χ3v) is 6.01. The number of nitriles is 1. The highest BCUT2D eigenvalue weighted by molar-refractivity contribution is 5.87. The van der Waals surface area contributed by atoms with Gasteiger partial charge in [-0.25, -0.2) is 0 Å². The van der Waals surface area contributed by atoms with Crippen molar-refractivity contribution in [1.82, 2.24) is 0 Å². The van der Waals surface area contributed by atoms with E-state index < -0.39 is 23.3 Å². The van der Waals surface area contributed by atoms with E-state index in [0.717, 1.165) is 51.4 Å². The molecule has 2 aliphatic rings. The number of carboxylic acid groups (broad SMARTS) is 1. The molecule has 0 saturated heterocycles. The summed E-state index contributed by atoms with van der Waals surface area (Å²) in [5.41, 5.74) is -1.66. The zero-order valence-electron chi connectivity index (χ0n) is 15.5. The lowest BCUT2D eigenvalue weighted by Gasteiger charge is -2.42. The van der Waals surface area contributed by atoms with E-state index >= 15 is 0 Å². The van der Waals surface area contributed by atoms with Crippen LogP contribution < -0.4 is 0 Å². The maximum Gasteiger partial charge on any atom is 0.325 e. The summed E-state index contributed by atoms with van der Waals surface area (Å²) in [4.78, 5) is 25.4. The van der Waals surface area contributed by atoms with Crippen molar-refractivity contribution in [1.29, 1.82) is 5.26 Å². The molecule has 140 valence electrons. The zero-order chi connectivity index (χ0) is 18.4. The molecule has 25 heavy (non-hydrogen) atoms. The first-order valence-electron chi connectivity index (χ1n) is 9.78. The average molecular weight is 349 g/mol. The van der Waals surface area contributed by atoms with E-state index in [1.54, 1.807) is 13.8 Å². The number of ether oxygens (including phenoxy) is 1. The molecule has 0 aromatic rings. The van der Waals surface area contributed by atoms with Gasteiger partial charge in [0.05, 0.1) is 18.1 Å². The first-order chi connectivity index (χ1) is 11.9. The van der Waals surface area contributed by atoms with Gasteiger partial charge in [-0.3, -0.25) is 9.59 Å². The minimum atomic E-state index is -1.66. The van der Waals surface area contributed by atoms with Crippen LogP contribution in [0.3, 0.4) is 0 Å². The molecule has 1 N–H and O–H groups in total. The minimum Gasteiger partial charge on any atom is -0.480 e. The topological polar surface area (TPSA) is 87.4 Å². The van der Waals surface area contributed by atoms with E-state index in [9.17, 15) is 20.0 Å². The van der Waals surface area contributed by atoms with Gasteiger partial charge in [-0.15, -0.1) is 0 Å². The zero-order valence-corrected chi connectivity index (χ0v) is 15.5. The van der Waals surface area contributed by atoms with Gasteiger partial charge < -0.3 is 9.84 Å². The van der Waals surface area contributed by atoms with E-state index in [2.05, 4.69) is 6.07 Å². The fraction of sp³-hybridized carbons (Fsp3) is 0.850. The summed E-state index contributed by atoms with van der Waals surface area (Å²) in [7, 11) is 0. The van der Waals surface area contributed by atoms with E-state index in [0.29, 0.717) is 12.8 Å². The first kappa shape index (κ1) is 19.8. The molecule has 0 amide bonds. The molecule has 5 nitrogen and oxygen atoms in total. The summed E-state index contributed by atoms with van der Waals surface area (Å²) in [5.74, 6) is -2.83. The number of esters is 1. The predicted octanol–water partition coefficient (Wildman–Crippen LogP) is 4.31. The van der Waals surface area contributed by atoms with E-state index in [1.165, 1.54) is 0 Å². The Hall–Kier alpha value is -1.57. The van der Waals surface area contributed by atoms with Crippen LogP contribution in [0.1, 0.15) is 78.1 Å². The summed E-state index contributed by atoms with van der Waals surface area (Å²) in [6.45, 7) is 3.54. The molecule has 2 rings (SSSR count). The Bertz CT molecular complexity index is 512. The molecule has 2 saturated carbocycles. The summed E-state index contributed by atoms with van der Waals surface area (Å²) in [5, 5.41) is 20.2. The summed E-state index contributed by atoms with van der Waals surface area (Å²) < 4.78 is 5.46. The molecule has 0 spiro atoms. The number of carbonyl (C=O) groups excluding carboxylic acids is 1. The van der Waals surface area contributed by atoms with Gasteiger partial charge in [0.25, 0.3) is 0 Å². The molecule has 0 aromatic carbocycles. The molecule has 0 radical (unpaired) electrons. The summed E-state index contributed by atoms with van der Waals surface area (Å²) in [6, 6.07) is 2.14. The summed E-state index contributed by atoms with van der Waals surface area (Å²) >= 11 is 0. The van der Waals surface area contributed by atoms with Gasteiger partial charge in [0, 0.05) is 0 Å². The van der Waals surface area contributed by atoms with Crippen molar-refractivity contribution in [2.75, 3.05) is 0 Å². The molecular weight excluding hydrogens is 318 g/mol. The summed E-state index contributed by atoms with van der Waals surface area (Å²) in [6.07, 6.45) is 8.73. The van der Waals surface area contributed by atoms with Crippen molar-refractivity contribution in [2.45, 2.75) is 84.2 Å². The normalized spacial score (nSPS) is 23.4. The Morgan fingerprint density at radius 3 is 2.00 bits per heavy atom. The van der Waals surface area contributed by atoms with Gasteiger partial charge in [-0.1, -0.05) is 38.5 Å². The van der Waals surface area contributed by atoms with Crippen LogP contribution >= 0.6 is 0 Å². The van der Waals surface area contributed by atoms with Gasteiger partial charge in [-0.2, -0.15) is 5.26 Å². The minimum absolute atomic E-state index is 0.0716. The van der Waals surface area contributed by atoms with Crippen LogP contribution in [0.15, 0.2) is 0 Å². The van der Waals surface area contributed by atoms with Gasteiger partial charge in [0.15, 0.2) is 5.41 Å². The average Bonchev–Trinajstić information content (AvgIpc) is 2.60. The Kier molecular flexibility index (Phi) is 6.87. The highest BCUT2D eigenvalue weighted by Crippen LogP contribution is 2.50. The third kappa shape index (κ3) is 4.16. The number of rotatable bonds is 6. The van der Waals surface area contributed by atoms with E-state index in [1.807, 2.05) is 0 Å². The molecule has 2 aliphatic carbocycles. The standard InChI is InChI=1S/C20H31NO4/c1-14(2)25-18(22)17(15-9-5-3-6-10-15)20(13-21,19(23)24)16-11-7-4-8-12-16/h14-17H,3-12H2,1-2H3,(H,23,24). The molecule has 2 fully saturated rings. The fourth-order valence-electron chi connectivity index (χ4n) is 4.85. The quantitative estimate of drug-likeness (QED) is 0.722. The SMILES string of the molecule is CC(C)OC(=O)C(C1CCCCC1)C(C#N)(C(=O)O)C1CCCCC1. The van der Waals surface area contributed by atoms with Crippen molar-refractivity contribution in [3.8, 4) is 6.07 Å². The molecule has 2 atom stereocenters. The van der Waals surface area contributed by atoms with Crippen LogP contribution in [0, 0.1) is 34.5 Å². The maximum atomic E-state index is 13.0. The van der Waals surface area contributed by atoms with Gasteiger partial charge in [0.1, 0.15) is 0 Å². The van der Waals surface area contributed by atoms with Crippen molar-refractivity contribution in [3.63, 3.8) is 0 Å². The van der Waals surface area contributed by atoms with Crippen LogP contribution in [0.2, 0.25) is 0 Å². The number of hydrogen-bond donors (Lipinski definition) is 1. The Balaban J connectivity index is 2.45. The number of nitrogens with zero attached hydrogens (tertiary/aromatic N) is 1. The van der Waals surface area contributed by atoms with Gasteiger partial charge >= 0.3 is 11.9 Å². The third-order valence-electron chi connectivity index (χ3n) is 6.01. The molecule has 0 bridgehead atoms. The number of carboxylic acids is 1. The number of carbonyl (C=O) groups is 2. The number of aliphatic carboxylic acids is 1. The molecule has 0 aliphatic heterocycles. The molecule has 0 aromatic heterocycles. The second-order valence-corrected chi connectivity index (χ2v) is 7.98. The second-order valence-electron chi connectivity index (χ2n) is 7.98. The lowest BCUT2D eigenvalue weighted by Crippen LogP contribution is -2.51. The molecular formula is C20H31NO4. The Morgan fingerprint density at radius 1 is 1.04 bits per heavy atom. The fourth-order valence-corrected chi connectivity index (χ4v) is 4.85. The first-order valence-corrected chi connectivity index (χ1v) is 9.78. The predicted molar refractivity (Wildman–Crippen MR) is 93.5 cm³/mol. The van der Waals surface area contributed by atoms with Crippen LogP contribution in [-0.4, -0.2) is 23.1 Å². The number of hydrogen-bond acceptors (Lipinski definition) is 4. The Labute approximate surface area is 150 Å². The van der Waals surface area contributed by atoms with Gasteiger partial charge in [0.2, 0.25) is 0 Å². The van der Waals surface area contributed by atoms with Crippen molar-refractivity contribution >= 4 is 11.9 Å². The molecule has 2 unspecified atom stereocenters. The van der Waals surface area contributed by atoms with Crippen molar-refractivity contribution in [2.24, 2.45) is 23.2 Å². The highest BCUT2D eigenvalue weighted by Gasteiger charge is 2.58. The highest BCUT2D eigenvalue weighted by atomic mass is 16.5. The Morgan fingerprint density at radius 2 is 1.56 bits per heavy atom. The lowest BCUT2D eigenvalue weighted by atomic mass is 9.58. The maximum absolute atomic E-state index is 13.0. The van der Waals surface area contributed by atoms with Crippen LogP contribution in [-0.2, 0) is 14.3 Å². The van der Waals surface area contributed by atoms with Crippen LogP contribution in [0.4, 0.5) is 0 Å². The molecule has 5 heteroatoms. The van der Waals surface area contributed by atoms with Crippen LogP contribution in [0.5, 0.6) is 0 Å². The monoisotopic (exact) mass is 349 g/mol. The lowest BCUT2D eigenvalue weighted by molar-refractivity contribution is -0.173. The second kappa shape index (κ2) is 8.69. The van der Waals surface area contributed by atoms with E-state index in [4.69, 9.17) is 4.74 Å². The van der Waals surface area contributed by atoms with Crippen LogP contribution in [0.25, 0.3) is 0 Å². The van der Waals surface area contributed by atoms with Crippen molar-refractivity contribution < 1.29 is 19.4 Å². The molecule has 0 heterocycles. The van der Waals surface area contributed by atoms with Crippen molar-refractivity contribution in [3.05, 3.63) is 0 Å². The smallest absolute Gasteiger partial charge is 0.325 e. The van der Waals surface area contributed by atoms with E-state index in [-0.39, 0.29) is 17.9 Å². The largest absolute Gasteiger partial charge is 0.480 e. The van der Waals surface area contributed by atoms with Gasteiger partial charge in [-0.05, 0) is 51.4 Å².